The molecule has 9 heteroatoms. The van der Waals surface area contributed by atoms with Crippen molar-refractivity contribution in [1.29, 1.82) is 0 Å². The summed E-state index contributed by atoms with van der Waals surface area (Å²) in [7, 11) is 1.48. The van der Waals surface area contributed by atoms with E-state index < -0.39 is 5.91 Å². The first kappa shape index (κ1) is 19.6. The Morgan fingerprint density at radius 2 is 1.93 bits per heavy atom. The maximum Gasteiger partial charge on any atom is 0.266 e. The van der Waals surface area contributed by atoms with Crippen molar-refractivity contribution in [2.24, 2.45) is 5.73 Å². The highest BCUT2D eigenvalue weighted by atomic mass is 32.1. The number of primary amides is 1. The molecule has 0 bridgehead atoms. The van der Waals surface area contributed by atoms with Crippen LogP contribution in [0.15, 0.2) is 18.2 Å². The van der Waals surface area contributed by atoms with Crippen LogP contribution in [0.4, 0.5) is 5.69 Å². The predicted molar refractivity (Wildman–Crippen MR) is 107 cm³/mol. The van der Waals surface area contributed by atoms with Gasteiger partial charge in [0.25, 0.3) is 11.8 Å². The van der Waals surface area contributed by atoms with E-state index in [-0.39, 0.29) is 12.5 Å². The highest BCUT2D eigenvalue weighted by Crippen LogP contribution is 2.33. The third-order valence-corrected chi connectivity index (χ3v) is 5.26. The van der Waals surface area contributed by atoms with Gasteiger partial charge in [0.05, 0.1) is 12.0 Å². The fourth-order valence-corrected chi connectivity index (χ4v) is 4.07. The number of aryl methyl sites for hydroxylation is 3. The number of hydrogen-bond acceptors (Lipinski definition) is 7. The molecule has 3 rings (SSSR count). The van der Waals surface area contributed by atoms with E-state index in [4.69, 9.17) is 15.2 Å². The topological polar surface area (TPSA) is 116 Å². The van der Waals surface area contributed by atoms with Gasteiger partial charge in [-0.1, -0.05) is 0 Å². The second-order valence-corrected chi connectivity index (χ2v) is 7.17. The number of methoxy groups -OCH3 is 1. The lowest BCUT2D eigenvalue weighted by Gasteiger charge is -2.12. The summed E-state index contributed by atoms with van der Waals surface area (Å²) in [5.41, 5.74) is 7.31. The van der Waals surface area contributed by atoms with E-state index in [1.807, 2.05) is 20.8 Å². The summed E-state index contributed by atoms with van der Waals surface area (Å²) in [5, 5.41) is 3.75. The lowest BCUT2D eigenvalue weighted by molar-refractivity contribution is -0.119. The number of ether oxygens (including phenoxy) is 2. The molecule has 1 aromatic carbocycles. The smallest absolute Gasteiger partial charge is 0.266 e. The van der Waals surface area contributed by atoms with Gasteiger partial charge in [0.15, 0.2) is 18.1 Å². The number of nitrogens with zero attached hydrogens (tertiary/aromatic N) is 2. The zero-order valence-electron chi connectivity index (χ0n) is 16.0. The highest BCUT2D eigenvalue weighted by molar-refractivity contribution is 7.20. The monoisotopic (exact) mass is 400 g/mol. The standard InChI is InChI=1S/C19H20N4O4S/c1-9-16-10(2)21-11(3)22-19(16)28-17(9)18(25)23-12-5-6-13(26-4)14(7-12)27-8-15(20)24/h5-7H,8H2,1-4H3,(H2,20,24)(H,23,25). The van der Waals surface area contributed by atoms with E-state index >= 15 is 0 Å². The van der Waals surface area contributed by atoms with Crippen LogP contribution < -0.4 is 20.5 Å². The maximum absolute atomic E-state index is 12.8. The lowest BCUT2D eigenvalue weighted by atomic mass is 10.1. The molecule has 0 saturated heterocycles. The van der Waals surface area contributed by atoms with Gasteiger partial charge in [0.1, 0.15) is 10.7 Å². The third kappa shape index (κ3) is 3.89. The van der Waals surface area contributed by atoms with Gasteiger partial charge in [0.2, 0.25) is 0 Å². The minimum Gasteiger partial charge on any atom is -0.493 e. The van der Waals surface area contributed by atoms with E-state index in [0.717, 1.165) is 21.5 Å². The molecule has 8 nitrogen and oxygen atoms in total. The molecular formula is C19H20N4O4S. The molecule has 2 aromatic heterocycles. The van der Waals surface area contributed by atoms with Crippen molar-refractivity contribution < 1.29 is 19.1 Å². The van der Waals surface area contributed by atoms with Crippen molar-refractivity contribution in [3.8, 4) is 11.5 Å². The van der Waals surface area contributed by atoms with Gasteiger partial charge in [-0.3, -0.25) is 9.59 Å². The Morgan fingerprint density at radius 1 is 1.18 bits per heavy atom. The summed E-state index contributed by atoms with van der Waals surface area (Å²) in [6.45, 7) is 5.33. The Morgan fingerprint density at radius 3 is 2.61 bits per heavy atom. The Balaban J connectivity index is 1.90. The number of aromatic nitrogens is 2. The number of carbonyl (C=O) groups is 2. The zero-order valence-corrected chi connectivity index (χ0v) is 16.8. The number of amides is 2. The largest absolute Gasteiger partial charge is 0.493 e. The quantitative estimate of drug-likeness (QED) is 0.657. The SMILES string of the molecule is COc1ccc(NC(=O)c2sc3nc(C)nc(C)c3c2C)cc1OCC(N)=O. The van der Waals surface area contributed by atoms with Crippen LogP contribution in [-0.2, 0) is 4.79 Å². The number of carbonyl (C=O) groups excluding carboxylic acids is 2. The number of thiophene rings is 1. The average molecular weight is 400 g/mol. The number of hydrogen-bond donors (Lipinski definition) is 2. The van der Waals surface area contributed by atoms with Crippen LogP contribution in [0.25, 0.3) is 10.2 Å². The Hall–Kier alpha value is -3.20. The molecule has 3 N–H and O–H groups in total. The van der Waals surface area contributed by atoms with E-state index in [0.29, 0.717) is 27.9 Å². The summed E-state index contributed by atoms with van der Waals surface area (Å²) in [6, 6.07) is 4.91. The predicted octanol–water partition coefficient (Wildman–Crippen LogP) is 2.74. The van der Waals surface area contributed by atoms with Crippen LogP contribution in [0.1, 0.15) is 26.8 Å². The van der Waals surface area contributed by atoms with E-state index in [1.54, 1.807) is 18.2 Å². The number of nitrogens with one attached hydrogen (secondary N) is 1. The van der Waals surface area contributed by atoms with Crippen LogP contribution in [0, 0.1) is 20.8 Å². The molecule has 0 aliphatic rings. The van der Waals surface area contributed by atoms with Crippen LogP contribution in [-0.4, -0.2) is 35.5 Å². The number of rotatable bonds is 6. The molecule has 0 atom stereocenters. The molecule has 3 aromatic rings. The molecule has 0 unspecified atom stereocenters. The first-order valence-corrected chi connectivity index (χ1v) is 9.26. The van der Waals surface area contributed by atoms with E-state index in [1.165, 1.54) is 18.4 Å². The van der Waals surface area contributed by atoms with Gasteiger partial charge in [-0.25, -0.2) is 9.97 Å². The van der Waals surface area contributed by atoms with Crippen molar-refractivity contribution >= 4 is 39.1 Å². The molecule has 0 aliphatic heterocycles. The molecule has 0 spiro atoms. The van der Waals surface area contributed by atoms with Crippen molar-refractivity contribution in [1.82, 2.24) is 9.97 Å². The second-order valence-electron chi connectivity index (χ2n) is 6.17. The molecule has 0 aliphatic carbocycles. The van der Waals surface area contributed by atoms with Crippen LogP contribution in [0.3, 0.4) is 0 Å². The van der Waals surface area contributed by atoms with Gasteiger partial charge in [0, 0.05) is 22.8 Å². The van der Waals surface area contributed by atoms with Gasteiger partial charge < -0.3 is 20.5 Å². The number of benzene rings is 1. The summed E-state index contributed by atoms with van der Waals surface area (Å²) in [5.74, 6) is 0.542. The van der Waals surface area contributed by atoms with Gasteiger partial charge in [-0.2, -0.15) is 0 Å². The van der Waals surface area contributed by atoms with E-state index in [9.17, 15) is 9.59 Å². The van der Waals surface area contributed by atoms with Crippen molar-refractivity contribution in [3.05, 3.63) is 40.2 Å². The van der Waals surface area contributed by atoms with Crippen LogP contribution >= 0.6 is 11.3 Å². The molecule has 0 fully saturated rings. The summed E-state index contributed by atoms with van der Waals surface area (Å²) in [4.78, 5) is 34.0. The minimum atomic E-state index is -0.607. The molecule has 0 radical (unpaired) electrons. The molecule has 146 valence electrons. The lowest BCUT2D eigenvalue weighted by Crippen LogP contribution is -2.20. The van der Waals surface area contributed by atoms with Gasteiger partial charge >= 0.3 is 0 Å². The van der Waals surface area contributed by atoms with Crippen molar-refractivity contribution in [2.45, 2.75) is 20.8 Å². The van der Waals surface area contributed by atoms with Crippen LogP contribution in [0.2, 0.25) is 0 Å². The Kier molecular flexibility index (Phi) is 5.46. The summed E-state index contributed by atoms with van der Waals surface area (Å²) < 4.78 is 10.6. The first-order chi connectivity index (χ1) is 13.3. The normalized spacial score (nSPS) is 10.7. The third-order valence-electron chi connectivity index (χ3n) is 4.08. The molecule has 0 saturated carbocycles. The molecular weight excluding hydrogens is 380 g/mol. The van der Waals surface area contributed by atoms with Crippen molar-refractivity contribution in [3.63, 3.8) is 0 Å². The fourth-order valence-electron chi connectivity index (χ4n) is 2.89. The molecule has 2 heterocycles. The fraction of sp³-hybridized carbons (Fsp3) is 0.263. The molecule has 2 amide bonds. The molecule has 28 heavy (non-hydrogen) atoms. The maximum atomic E-state index is 12.8. The summed E-state index contributed by atoms with van der Waals surface area (Å²) >= 11 is 1.33. The Labute approximate surface area is 165 Å². The Bertz CT molecular complexity index is 1080. The number of fused-ring (bicyclic) bond motifs is 1. The zero-order chi connectivity index (χ0) is 20.4. The summed E-state index contributed by atoms with van der Waals surface area (Å²) in [6.07, 6.45) is 0. The number of nitrogens with two attached hydrogens (primary N) is 1. The average Bonchev–Trinajstić information content (AvgIpc) is 2.96. The van der Waals surface area contributed by atoms with Crippen LogP contribution in [0.5, 0.6) is 11.5 Å². The van der Waals surface area contributed by atoms with Crippen molar-refractivity contribution in [2.75, 3.05) is 19.0 Å². The highest BCUT2D eigenvalue weighted by Gasteiger charge is 2.19. The van der Waals surface area contributed by atoms with Gasteiger partial charge in [-0.05, 0) is 38.5 Å². The minimum absolute atomic E-state index is 0.261. The second kappa shape index (κ2) is 7.81. The van der Waals surface area contributed by atoms with E-state index in [2.05, 4.69) is 15.3 Å². The first-order valence-electron chi connectivity index (χ1n) is 8.45. The number of anilines is 1. The van der Waals surface area contributed by atoms with Gasteiger partial charge in [-0.15, -0.1) is 11.3 Å².